The molecular formula is C28H24N8O. The van der Waals surface area contributed by atoms with Crippen LogP contribution in [0.3, 0.4) is 0 Å². The van der Waals surface area contributed by atoms with Gasteiger partial charge in [0.15, 0.2) is 5.65 Å². The van der Waals surface area contributed by atoms with Crippen molar-refractivity contribution in [2.75, 3.05) is 5.32 Å². The Balaban J connectivity index is 1.40. The van der Waals surface area contributed by atoms with Crippen LogP contribution < -0.4 is 5.32 Å². The summed E-state index contributed by atoms with van der Waals surface area (Å²) in [6, 6.07) is 6.01. The van der Waals surface area contributed by atoms with E-state index in [1.807, 2.05) is 68.2 Å². The number of anilines is 1. The predicted molar refractivity (Wildman–Crippen MR) is 143 cm³/mol. The van der Waals surface area contributed by atoms with E-state index in [1.165, 1.54) is 0 Å². The number of hydrogen-bond acceptors (Lipinski definition) is 5. The maximum absolute atomic E-state index is 12.1. The molecule has 9 nitrogen and oxygen atoms in total. The Labute approximate surface area is 212 Å². The summed E-state index contributed by atoms with van der Waals surface area (Å²) in [5, 5.41) is 11.4. The van der Waals surface area contributed by atoms with E-state index >= 15 is 0 Å². The molecule has 5 heterocycles. The molecule has 1 amide bonds. The summed E-state index contributed by atoms with van der Waals surface area (Å²) in [7, 11) is 0. The van der Waals surface area contributed by atoms with Gasteiger partial charge in [0, 0.05) is 52.7 Å². The van der Waals surface area contributed by atoms with Gasteiger partial charge < -0.3 is 14.9 Å². The van der Waals surface area contributed by atoms with Crippen molar-refractivity contribution in [3.8, 4) is 22.5 Å². The number of H-pyrrole nitrogens is 2. The van der Waals surface area contributed by atoms with Crippen molar-refractivity contribution < 1.29 is 4.79 Å². The number of imidazole rings is 1. The lowest BCUT2D eigenvalue weighted by Gasteiger charge is -2.09. The molecule has 9 heteroatoms. The van der Waals surface area contributed by atoms with E-state index in [1.54, 1.807) is 18.6 Å². The number of rotatable bonds is 5. The number of aromatic amines is 2. The van der Waals surface area contributed by atoms with Crippen molar-refractivity contribution in [2.45, 2.75) is 20.8 Å². The fourth-order valence-electron chi connectivity index (χ4n) is 4.27. The van der Waals surface area contributed by atoms with Gasteiger partial charge >= 0.3 is 0 Å². The van der Waals surface area contributed by atoms with E-state index in [0.29, 0.717) is 11.3 Å². The minimum absolute atomic E-state index is 0.0562. The van der Waals surface area contributed by atoms with Crippen LogP contribution in [0.25, 0.3) is 45.3 Å². The van der Waals surface area contributed by atoms with Gasteiger partial charge in [0.05, 0.1) is 41.0 Å². The van der Waals surface area contributed by atoms with Crippen LogP contribution in [-0.2, 0) is 4.79 Å². The molecule has 1 aliphatic rings. The fourth-order valence-corrected chi connectivity index (χ4v) is 4.27. The van der Waals surface area contributed by atoms with E-state index in [9.17, 15) is 4.79 Å². The zero-order valence-corrected chi connectivity index (χ0v) is 20.6. The molecular weight excluding hydrogens is 464 g/mol. The number of allylic oxidation sites excluding steroid dienone is 2. The third-order valence-electron chi connectivity index (χ3n) is 6.21. The Morgan fingerprint density at radius 1 is 1.11 bits per heavy atom. The van der Waals surface area contributed by atoms with Crippen LogP contribution in [0, 0.1) is 12.8 Å². The van der Waals surface area contributed by atoms with Crippen LogP contribution in [0.15, 0.2) is 67.2 Å². The summed E-state index contributed by atoms with van der Waals surface area (Å²) < 4.78 is 2.00. The number of nitrogens with zero attached hydrogens (tertiary/aromatic N) is 5. The molecule has 0 aromatic carbocycles. The largest absolute Gasteiger partial charge is 0.353 e. The minimum Gasteiger partial charge on any atom is -0.353 e. The molecule has 0 spiro atoms. The molecule has 0 bridgehead atoms. The number of carbonyl (C=O) groups is 1. The van der Waals surface area contributed by atoms with E-state index in [2.05, 4.69) is 47.2 Å². The lowest BCUT2D eigenvalue weighted by atomic mass is 10.1. The Morgan fingerprint density at radius 3 is 2.78 bits per heavy atom. The summed E-state index contributed by atoms with van der Waals surface area (Å²) in [5.74, 6) is -0.177. The van der Waals surface area contributed by atoms with Gasteiger partial charge in [-0.3, -0.25) is 14.9 Å². The molecule has 5 aromatic heterocycles. The van der Waals surface area contributed by atoms with Gasteiger partial charge in [-0.05, 0) is 37.3 Å². The van der Waals surface area contributed by atoms with Crippen LogP contribution in [0.2, 0.25) is 0 Å². The van der Waals surface area contributed by atoms with E-state index in [0.717, 1.165) is 50.5 Å². The van der Waals surface area contributed by atoms with Gasteiger partial charge in [-0.25, -0.2) is 9.97 Å². The van der Waals surface area contributed by atoms with Crippen molar-refractivity contribution in [3.05, 3.63) is 84.1 Å². The number of carbonyl (C=O) groups excluding carboxylic acids is 1. The molecule has 6 rings (SSSR count). The first-order chi connectivity index (χ1) is 18.0. The van der Waals surface area contributed by atoms with Crippen molar-refractivity contribution in [1.82, 2.24) is 34.7 Å². The zero-order valence-electron chi connectivity index (χ0n) is 20.6. The SMILES string of the molecule is Cc1cn(C2=CC=C=Cc3[nH]c(-c4n[nH]c5ncc(-c6cncc(NC(=O)C(C)C)c6)cc45)cc32)cn1. The quantitative estimate of drug-likeness (QED) is 0.295. The maximum Gasteiger partial charge on any atom is 0.226 e. The highest BCUT2D eigenvalue weighted by atomic mass is 16.1. The smallest absolute Gasteiger partial charge is 0.226 e. The maximum atomic E-state index is 12.1. The number of nitrogens with one attached hydrogen (secondary N) is 3. The highest BCUT2D eigenvalue weighted by molar-refractivity contribution is 5.95. The van der Waals surface area contributed by atoms with Gasteiger partial charge in [-0.2, -0.15) is 5.10 Å². The summed E-state index contributed by atoms with van der Waals surface area (Å²) in [6.07, 6.45) is 14.8. The second-order valence-electron chi connectivity index (χ2n) is 9.26. The molecule has 0 saturated carbocycles. The average Bonchev–Trinajstić information content (AvgIpc) is 3.59. The van der Waals surface area contributed by atoms with Crippen molar-refractivity contribution in [2.24, 2.45) is 5.92 Å². The summed E-state index contributed by atoms with van der Waals surface area (Å²) in [4.78, 5) is 28.9. The number of hydrogen-bond donors (Lipinski definition) is 3. The first-order valence-corrected chi connectivity index (χ1v) is 11.9. The Morgan fingerprint density at radius 2 is 1.97 bits per heavy atom. The van der Waals surface area contributed by atoms with Crippen molar-refractivity contribution >= 4 is 34.4 Å². The number of amides is 1. The molecule has 5 aromatic rings. The third kappa shape index (κ3) is 4.17. The average molecular weight is 489 g/mol. The first kappa shape index (κ1) is 22.5. The van der Waals surface area contributed by atoms with Gasteiger partial charge in [-0.1, -0.05) is 13.8 Å². The van der Waals surface area contributed by atoms with Crippen LogP contribution in [-0.4, -0.2) is 40.6 Å². The molecule has 0 aliphatic heterocycles. The van der Waals surface area contributed by atoms with Gasteiger partial charge in [0.25, 0.3) is 0 Å². The topological polar surface area (TPSA) is 117 Å². The molecule has 37 heavy (non-hydrogen) atoms. The number of fused-ring (bicyclic) bond motifs is 2. The van der Waals surface area contributed by atoms with Crippen molar-refractivity contribution in [3.63, 3.8) is 0 Å². The summed E-state index contributed by atoms with van der Waals surface area (Å²) >= 11 is 0. The Bertz CT molecular complexity index is 1760. The number of aromatic nitrogens is 7. The van der Waals surface area contributed by atoms with Gasteiger partial charge in [-0.15, -0.1) is 5.73 Å². The second-order valence-corrected chi connectivity index (χ2v) is 9.26. The van der Waals surface area contributed by atoms with Crippen LogP contribution in [0.1, 0.15) is 30.8 Å². The molecule has 0 atom stereocenters. The summed E-state index contributed by atoms with van der Waals surface area (Å²) in [5.41, 5.74) is 11.7. The molecule has 3 N–H and O–H groups in total. The standard InChI is InChI=1S/C28H24N8O/c1-16(2)28(37)32-20-8-18(11-29-13-20)19-9-22-26(34-35-27(22)30-12-19)24-10-21-23(33-24)6-4-5-7-25(21)36-14-17(3)31-15-36/h5-16,33H,1-3H3,(H,32,37)(H,30,34,35). The zero-order chi connectivity index (χ0) is 25.5. The molecule has 0 radical (unpaired) electrons. The number of aryl methyl sites for hydroxylation is 1. The van der Waals surface area contributed by atoms with E-state index in [4.69, 9.17) is 0 Å². The predicted octanol–water partition coefficient (Wildman–Crippen LogP) is 5.19. The fraction of sp³-hybridized carbons (Fsp3) is 0.143. The molecule has 1 aliphatic carbocycles. The molecule has 0 saturated heterocycles. The molecule has 182 valence electrons. The van der Waals surface area contributed by atoms with Crippen molar-refractivity contribution in [1.29, 1.82) is 0 Å². The number of pyridine rings is 2. The second kappa shape index (κ2) is 8.89. The lowest BCUT2D eigenvalue weighted by molar-refractivity contribution is -0.118. The van der Waals surface area contributed by atoms with E-state index in [-0.39, 0.29) is 11.8 Å². The first-order valence-electron chi connectivity index (χ1n) is 11.9. The normalized spacial score (nSPS) is 12.6. The van der Waals surface area contributed by atoms with Crippen LogP contribution in [0.4, 0.5) is 5.69 Å². The van der Waals surface area contributed by atoms with E-state index < -0.39 is 0 Å². The molecule has 0 unspecified atom stereocenters. The highest BCUT2D eigenvalue weighted by Gasteiger charge is 2.18. The van der Waals surface area contributed by atoms with Gasteiger partial charge in [0.2, 0.25) is 5.91 Å². The Kier molecular flexibility index (Phi) is 5.40. The monoisotopic (exact) mass is 488 g/mol. The Hall–Kier alpha value is -5.01. The third-order valence-corrected chi connectivity index (χ3v) is 6.21. The highest BCUT2D eigenvalue weighted by Crippen LogP contribution is 2.33. The molecule has 0 fully saturated rings. The summed E-state index contributed by atoms with van der Waals surface area (Å²) in [6.45, 7) is 5.67. The van der Waals surface area contributed by atoms with Crippen LogP contribution in [0.5, 0.6) is 0 Å². The minimum atomic E-state index is -0.121. The lowest BCUT2D eigenvalue weighted by Crippen LogP contribution is -2.17. The van der Waals surface area contributed by atoms with Crippen LogP contribution >= 0.6 is 0 Å². The van der Waals surface area contributed by atoms with Gasteiger partial charge in [0.1, 0.15) is 5.69 Å².